The molecule has 0 amide bonds. The third kappa shape index (κ3) is 4.11. The highest BCUT2D eigenvalue weighted by molar-refractivity contribution is 5.46. The Morgan fingerprint density at radius 3 is 2.19 bits per heavy atom. The molecule has 138 valence electrons. The van der Waals surface area contributed by atoms with Crippen molar-refractivity contribution in [2.45, 2.75) is 32.4 Å². The monoisotopic (exact) mass is 351 g/mol. The Morgan fingerprint density at radius 1 is 0.846 bits per heavy atom. The van der Waals surface area contributed by atoms with Gasteiger partial charge >= 0.3 is 0 Å². The van der Waals surface area contributed by atoms with Crippen molar-refractivity contribution in [2.75, 3.05) is 44.2 Å². The second-order valence-electron chi connectivity index (χ2n) is 8.11. The number of para-hydroxylation sites is 1. The molecule has 2 fully saturated rings. The van der Waals surface area contributed by atoms with Gasteiger partial charge in [-0.05, 0) is 24.6 Å². The van der Waals surface area contributed by atoms with E-state index in [9.17, 15) is 0 Å². The molecule has 0 spiro atoms. The van der Waals surface area contributed by atoms with E-state index in [1.54, 1.807) is 4.90 Å². The van der Waals surface area contributed by atoms with Crippen molar-refractivity contribution in [1.29, 1.82) is 0 Å². The first-order chi connectivity index (χ1) is 12.8. The zero-order valence-corrected chi connectivity index (χ0v) is 16.1. The maximum atomic E-state index is 2.56. The summed E-state index contributed by atoms with van der Waals surface area (Å²) in [4.78, 5) is 6.19. The first kappa shape index (κ1) is 17.6. The van der Waals surface area contributed by atoms with Crippen LogP contribution >= 0.6 is 0 Å². The van der Waals surface area contributed by atoms with Gasteiger partial charge in [-0.1, -0.05) is 42.5 Å². The SMILES string of the molecule is Cc1ccccc1C[NH+]1CCC([NH+]2CCN(c3ccccc3)CC2)CC1. The summed E-state index contributed by atoms with van der Waals surface area (Å²) < 4.78 is 0. The van der Waals surface area contributed by atoms with E-state index in [2.05, 4.69) is 66.4 Å². The van der Waals surface area contributed by atoms with Crippen LogP contribution in [0.5, 0.6) is 0 Å². The van der Waals surface area contributed by atoms with Gasteiger partial charge in [0.05, 0.1) is 45.3 Å². The van der Waals surface area contributed by atoms with Gasteiger partial charge in [0.1, 0.15) is 6.54 Å². The molecule has 2 aromatic rings. The van der Waals surface area contributed by atoms with Crippen LogP contribution in [-0.4, -0.2) is 45.3 Å². The summed E-state index contributed by atoms with van der Waals surface area (Å²) in [5.41, 5.74) is 4.37. The molecule has 2 aromatic carbocycles. The Bertz CT molecular complexity index is 684. The highest BCUT2D eigenvalue weighted by Gasteiger charge is 2.32. The molecule has 2 aliphatic heterocycles. The van der Waals surface area contributed by atoms with Crippen molar-refractivity contribution < 1.29 is 9.80 Å². The first-order valence-corrected chi connectivity index (χ1v) is 10.3. The van der Waals surface area contributed by atoms with Crippen molar-refractivity contribution in [3.05, 3.63) is 65.7 Å². The van der Waals surface area contributed by atoms with E-state index in [0.717, 1.165) is 6.04 Å². The number of nitrogens with one attached hydrogen (secondary N) is 2. The van der Waals surface area contributed by atoms with Gasteiger partial charge in [0.15, 0.2) is 0 Å². The van der Waals surface area contributed by atoms with Crippen molar-refractivity contribution in [2.24, 2.45) is 0 Å². The van der Waals surface area contributed by atoms with Crippen LogP contribution in [0, 0.1) is 6.92 Å². The number of anilines is 1. The number of nitrogens with zero attached hydrogens (tertiary/aromatic N) is 1. The Morgan fingerprint density at radius 2 is 1.50 bits per heavy atom. The number of quaternary nitrogens is 2. The molecule has 3 nitrogen and oxygen atoms in total. The van der Waals surface area contributed by atoms with Crippen LogP contribution < -0.4 is 14.7 Å². The maximum absolute atomic E-state index is 2.56. The molecule has 2 aliphatic rings. The molecule has 0 aliphatic carbocycles. The lowest BCUT2D eigenvalue weighted by Crippen LogP contribution is -3.21. The van der Waals surface area contributed by atoms with Crippen LogP contribution in [0.3, 0.4) is 0 Å². The summed E-state index contributed by atoms with van der Waals surface area (Å²) in [6.07, 6.45) is 2.78. The number of piperazine rings is 1. The molecule has 4 rings (SSSR count). The third-order valence-electron chi connectivity index (χ3n) is 6.50. The van der Waals surface area contributed by atoms with Crippen LogP contribution in [0.1, 0.15) is 24.0 Å². The van der Waals surface area contributed by atoms with Crippen molar-refractivity contribution >= 4 is 5.69 Å². The van der Waals surface area contributed by atoms with Gasteiger partial charge in [-0.2, -0.15) is 0 Å². The lowest BCUT2D eigenvalue weighted by Gasteiger charge is -2.40. The maximum Gasteiger partial charge on any atom is 0.103 e. The van der Waals surface area contributed by atoms with E-state index >= 15 is 0 Å². The molecule has 2 heterocycles. The predicted molar refractivity (Wildman–Crippen MR) is 108 cm³/mol. The van der Waals surface area contributed by atoms with Gasteiger partial charge in [0, 0.05) is 24.1 Å². The molecule has 26 heavy (non-hydrogen) atoms. The second-order valence-corrected chi connectivity index (χ2v) is 8.11. The fourth-order valence-electron chi connectivity index (χ4n) is 4.79. The molecular weight excluding hydrogens is 318 g/mol. The van der Waals surface area contributed by atoms with Gasteiger partial charge in [-0.3, -0.25) is 0 Å². The Hall–Kier alpha value is -1.84. The minimum Gasteiger partial charge on any atom is -0.360 e. The number of likely N-dealkylation sites (tertiary alicyclic amines) is 1. The summed E-state index contributed by atoms with van der Waals surface area (Å²) >= 11 is 0. The quantitative estimate of drug-likeness (QED) is 0.836. The molecule has 2 saturated heterocycles. The topological polar surface area (TPSA) is 12.1 Å². The molecule has 0 atom stereocenters. The lowest BCUT2D eigenvalue weighted by molar-refractivity contribution is -0.963. The average molecular weight is 352 g/mol. The minimum atomic E-state index is 0.883. The fraction of sp³-hybridized carbons (Fsp3) is 0.478. The first-order valence-electron chi connectivity index (χ1n) is 10.3. The lowest BCUT2D eigenvalue weighted by atomic mass is 10.0. The summed E-state index contributed by atoms with van der Waals surface area (Å²) in [5, 5.41) is 0. The Balaban J connectivity index is 1.25. The molecule has 0 saturated carbocycles. The number of aryl methyl sites for hydroxylation is 1. The standard InChI is InChI=1S/C23H31N3/c1-20-7-5-6-8-21(20)19-24-13-11-23(12-14-24)26-17-15-25(16-18-26)22-9-3-2-4-10-22/h2-10,23H,11-19H2,1H3/p+2. The van der Waals surface area contributed by atoms with Crippen LogP contribution in [0.2, 0.25) is 0 Å². The van der Waals surface area contributed by atoms with Gasteiger partial charge in [-0.15, -0.1) is 0 Å². The van der Waals surface area contributed by atoms with Crippen molar-refractivity contribution in [3.8, 4) is 0 Å². The smallest absolute Gasteiger partial charge is 0.103 e. The number of hydrogen-bond donors (Lipinski definition) is 2. The summed E-state index contributed by atoms with van der Waals surface area (Å²) in [6, 6.07) is 20.7. The Kier molecular flexibility index (Phi) is 5.57. The van der Waals surface area contributed by atoms with Gasteiger partial charge in [-0.25, -0.2) is 0 Å². The normalized spacial score (nSPS) is 24.6. The highest BCUT2D eigenvalue weighted by atomic mass is 15.3. The summed E-state index contributed by atoms with van der Waals surface area (Å²) in [6.45, 7) is 11.1. The van der Waals surface area contributed by atoms with Gasteiger partial charge in [0.2, 0.25) is 0 Å². The predicted octanol–water partition coefficient (Wildman–Crippen LogP) is 0.947. The number of rotatable bonds is 4. The molecule has 2 N–H and O–H groups in total. The van der Waals surface area contributed by atoms with Crippen LogP contribution in [0.25, 0.3) is 0 Å². The van der Waals surface area contributed by atoms with Gasteiger partial charge in [0.25, 0.3) is 0 Å². The van der Waals surface area contributed by atoms with E-state index in [-0.39, 0.29) is 0 Å². The third-order valence-corrected chi connectivity index (χ3v) is 6.50. The highest BCUT2D eigenvalue weighted by Crippen LogP contribution is 2.13. The molecule has 0 unspecified atom stereocenters. The van der Waals surface area contributed by atoms with Crippen LogP contribution in [0.15, 0.2) is 54.6 Å². The largest absolute Gasteiger partial charge is 0.360 e. The number of piperidine rings is 1. The molecule has 0 bridgehead atoms. The van der Waals surface area contributed by atoms with Crippen LogP contribution in [0.4, 0.5) is 5.69 Å². The summed E-state index contributed by atoms with van der Waals surface area (Å²) in [7, 11) is 0. The van der Waals surface area contributed by atoms with E-state index in [1.165, 1.54) is 75.5 Å². The zero-order chi connectivity index (χ0) is 17.8. The molecule has 3 heteroatoms. The summed E-state index contributed by atoms with van der Waals surface area (Å²) in [5.74, 6) is 0. The fourth-order valence-corrected chi connectivity index (χ4v) is 4.79. The van der Waals surface area contributed by atoms with Crippen LogP contribution in [-0.2, 0) is 6.54 Å². The van der Waals surface area contributed by atoms with Crippen molar-refractivity contribution in [1.82, 2.24) is 0 Å². The molecule has 0 radical (unpaired) electrons. The average Bonchev–Trinajstić information content (AvgIpc) is 2.71. The van der Waals surface area contributed by atoms with E-state index in [4.69, 9.17) is 0 Å². The molecule has 0 aromatic heterocycles. The van der Waals surface area contributed by atoms with E-state index < -0.39 is 0 Å². The molecular formula is C23H33N3+2. The van der Waals surface area contributed by atoms with E-state index in [0.29, 0.717) is 0 Å². The Labute approximate surface area is 158 Å². The van der Waals surface area contributed by atoms with Gasteiger partial charge < -0.3 is 14.7 Å². The minimum absolute atomic E-state index is 0.883. The number of hydrogen-bond acceptors (Lipinski definition) is 1. The number of benzene rings is 2. The zero-order valence-electron chi connectivity index (χ0n) is 16.1. The van der Waals surface area contributed by atoms with Crippen molar-refractivity contribution in [3.63, 3.8) is 0 Å². The second kappa shape index (κ2) is 8.24. The van der Waals surface area contributed by atoms with E-state index in [1.807, 2.05) is 4.90 Å².